The van der Waals surface area contributed by atoms with Crippen LogP contribution in [0.25, 0.3) is 0 Å². The first-order valence-corrected chi connectivity index (χ1v) is 5.63. The van der Waals surface area contributed by atoms with Gasteiger partial charge in [0.25, 0.3) is 0 Å². The summed E-state index contributed by atoms with van der Waals surface area (Å²) in [6, 6.07) is -0.369. The number of hydrogen-bond donors (Lipinski definition) is 4. The Hall–Kier alpha value is -0.0300. The highest BCUT2D eigenvalue weighted by atomic mass is 31.0. The number of carbonyl (C=O) groups excluding carboxylic acids is 1. The van der Waals surface area contributed by atoms with Crippen molar-refractivity contribution in [3.05, 3.63) is 0 Å². The molecule has 0 aromatic heterocycles. The number of carbonyl (C=O) groups is 1. The molecule has 0 aliphatic rings. The fourth-order valence-corrected chi connectivity index (χ4v) is 1.09. The minimum atomic E-state index is -0.905. The van der Waals surface area contributed by atoms with Crippen LogP contribution in [0.1, 0.15) is 12.8 Å². The number of nitrogens with one attached hydrogen (secondary N) is 2. The molecule has 0 bridgehead atoms. The Morgan fingerprint density at radius 2 is 1.44 bits per heavy atom. The van der Waals surface area contributed by atoms with Crippen molar-refractivity contribution in [2.24, 2.45) is 0 Å². The number of urea groups is 1. The smallest absolute Gasteiger partial charge is 0.314 e. The summed E-state index contributed by atoms with van der Waals surface area (Å²) in [6.07, 6.45) is -1.21. The van der Waals surface area contributed by atoms with E-state index in [2.05, 4.69) is 19.7 Å². The molecule has 4 unspecified atom stereocenters. The van der Waals surface area contributed by atoms with E-state index in [4.69, 9.17) is 10.2 Å². The Morgan fingerprint density at radius 3 is 1.75 bits per heavy atom. The number of hydrogen-bond acceptors (Lipinski definition) is 5. The van der Waals surface area contributed by atoms with E-state index in [9.17, 15) is 4.79 Å². The third kappa shape index (κ3) is 9.21. The quantitative estimate of drug-likeness (QED) is 0.346. The summed E-state index contributed by atoms with van der Waals surface area (Å²) in [5, 5.41) is 23.0. The average Bonchev–Trinajstić information content (AvgIpc) is 2.28. The topological polar surface area (TPSA) is 100 Å². The monoisotopic (exact) mass is 272 g/mol. The van der Waals surface area contributed by atoms with Gasteiger partial charge in [-0.05, 0) is 0 Å². The van der Waals surface area contributed by atoms with E-state index in [-0.39, 0.29) is 6.03 Å². The maximum absolute atomic E-state index is 11.1. The van der Waals surface area contributed by atoms with Gasteiger partial charge in [0.15, 0.2) is 12.6 Å². The van der Waals surface area contributed by atoms with Crippen molar-refractivity contribution in [1.82, 2.24) is 10.6 Å². The highest BCUT2D eigenvalue weighted by Gasteiger charge is 2.05. The van der Waals surface area contributed by atoms with E-state index >= 15 is 0 Å². The Bertz CT molecular complexity index is 180. The first kappa shape index (κ1) is 16.0. The third-order valence-electron chi connectivity index (χ3n) is 1.67. The van der Waals surface area contributed by atoms with Crippen molar-refractivity contribution in [2.45, 2.75) is 25.4 Å². The molecule has 0 saturated carbocycles. The normalized spacial score (nSPS) is 14.2. The molecule has 4 atom stereocenters. The lowest BCUT2D eigenvalue weighted by atomic mass is 10.4. The Kier molecular flexibility index (Phi) is 10.1. The van der Waals surface area contributed by atoms with Crippen LogP contribution in [0.3, 0.4) is 0 Å². The van der Waals surface area contributed by atoms with Gasteiger partial charge in [0.1, 0.15) is 0 Å². The molecule has 4 N–H and O–H groups in total. The molecule has 0 spiro atoms. The molecule has 16 heavy (non-hydrogen) atoms. The lowest BCUT2D eigenvalue weighted by Crippen LogP contribution is -2.38. The number of rotatable bonds is 8. The molecule has 0 aromatic carbocycles. The largest absolute Gasteiger partial charge is 0.368 e. The van der Waals surface area contributed by atoms with E-state index in [1.54, 1.807) is 0 Å². The van der Waals surface area contributed by atoms with Crippen molar-refractivity contribution in [3.63, 3.8) is 0 Å². The lowest BCUT2D eigenvalue weighted by molar-refractivity contribution is -0.00775. The summed E-state index contributed by atoms with van der Waals surface area (Å²) < 4.78 is 9.02. The zero-order valence-electron chi connectivity index (χ0n) is 8.76. The van der Waals surface area contributed by atoms with Gasteiger partial charge in [0.05, 0.1) is 0 Å². The van der Waals surface area contributed by atoms with E-state index in [1.165, 1.54) is 0 Å². The minimum absolute atomic E-state index is 0.296. The van der Waals surface area contributed by atoms with Gasteiger partial charge in [-0.1, -0.05) is 0 Å². The second kappa shape index (κ2) is 10.1. The van der Waals surface area contributed by atoms with E-state index in [1.807, 2.05) is 18.9 Å². The summed E-state index contributed by atoms with van der Waals surface area (Å²) in [5.41, 5.74) is 0. The standard InChI is InChI=1S/C7H18N2O5P2/c10-5(13-15)1-3-8-7(12)9-4-2-6(11)14-16/h5-6,10-11H,1-4,15-16H2,(H2,8,9,12). The van der Waals surface area contributed by atoms with Gasteiger partial charge >= 0.3 is 6.03 Å². The molecular formula is C7H18N2O5P2. The number of amides is 2. The van der Waals surface area contributed by atoms with Gasteiger partial charge in [-0.3, -0.25) is 0 Å². The van der Waals surface area contributed by atoms with Crippen molar-refractivity contribution < 1.29 is 24.1 Å². The molecule has 0 aliphatic carbocycles. The molecule has 0 rings (SSSR count). The molecule has 0 radical (unpaired) electrons. The number of aliphatic hydroxyl groups excluding tert-OH is 2. The molecule has 0 aromatic rings. The zero-order chi connectivity index (χ0) is 12.4. The second-order valence-electron chi connectivity index (χ2n) is 2.94. The molecule has 0 heterocycles. The van der Waals surface area contributed by atoms with Crippen LogP contribution in [0.2, 0.25) is 0 Å². The summed E-state index contributed by atoms with van der Waals surface area (Å²) in [7, 11) is 3.87. The van der Waals surface area contributed by atoms with E-state index in [0.717, 1.165) is 0 Å². The first-order chi connectivity index (χ1) is 7.60. The van der Waals surface area contributed by atoms with Crippen LogP contribution >= 0.6 is 18.9 Å². The molecule has 96 valence electrons. The van der Waals surface area contributed by atoms with Crippen LogP contribution in [-0.4, -0.2) is 41.9 Å². The van der Waals surface area contributed by atoms with Crippen LogP contribution in [0.15, 0.2) is 0 Å². The predicted octanol–water partition coefficient (Wildman–Crippen LogP) is -0.684. The highest BCUT2D eigenvalue weighted by molar-refractivity contribution is 7.10. The van der Waals surface area contributed by atoms with Crippen molar-refractivity contribution in [3.8, 4) is 0 Å². The van der Waals surface area contributed by atoms with Crippen LogP contribution in [-0.2, 0) is 9.05 Å². The second-order valence-corrected chi connectivity index (χ2v) is 3.49. The number of aliphatic hydroxyl groups is 2. The SMILES string of the molecule is O=C(NCCC(O)OP)NCCC(O)OP. The van der Waals surface area contributed by atoms with Crippen molar-refractivity contribution >= 4 is 25.0 Å². The summed E-state index contributed by atoms with van der Waals surface area (Å²) in [6.45, 7) is 0.591. The Balaban J connectivity index is 3.38. The van der Waals surface area contributed by atoms with Gasteiger partial charge in [0, 0.05) is 44.9 Å². The fraction of sp³-hybridized carbons (Fsp3) is 0.857. The third-order valence-corrected chi connectivity index (χ3v) is 2.30. The van der Waals surface area contributed by atoms with Gasteiger partial charge in [0.2, 0.25) is 0 Å². The Labute approximate surface area is 98.8 Å². The van der Waals surface area contributed by atoms with Crippen LogP contribution < -0.4 is 10.6 Å². The van der Waals surface area contributed by atoms with Crippen LogP contribution in [0.4, 0.5) is 4.79 Å². The maximum atomic E-state index is 11.1. The molecule has 7 nitrogen and oxygen atoms in total. The van der Waals surface area contributed by atoms with Gasteiger partial charge in [-0.25, -0.2) is 4.79 Å². The van der Waals surface area contributed by atoms with E-state index in [0.29, 0.717) is 25.9 Å². The van der Waals surface area contributed by atoms with Gasteiger partial charge in [-0.15, -0.1) is 0 Å². The molecule has 2 amide bonds. The average molecular weight is 272 g/mol. The molecule has 9 heteroatoms. The first-order valence-electron chi connectivity index (χ1n) is 4.69. The molecule has 0 fully saturated rings. The van der Waals surface area contributed by atoms with Gasteiger partial charge < -0.3 is 29.9 Å². The molecular weight excluding hydrogens is 254 g/mol. The summed E-state index contributed by atoms with van der Waals surface area (Å²) in [4.78, 5) is 11.1. The van der Waals surface area contributed by atoms with Crippen molar-refractivity contribution in [2.75, 3.05) is 13.1 Å². The molecule has 0 saturated heterocycles. The lowest BCUT2D eigenvalue weighted by Gasteiger charge is -2.11. The fourth-order valence-electron chi connectivity index (χ4n) is 0.817. The van der Waals surface area contributed by atoms with Crippen LogP contribution in [0.5, 0.6) is 0 Å². The predicted molar refractivity (Wildman–Crippen MR) is 64.2 cm³/mol. The Morgan fingerprint density at radius 1 is 1.06 bits per heavy atom. The maximum Gasteiger partial charge on any atom is 0.314 e. The van der Waals surface area contributed by atoms with Crippen molar-refractivity contribution in [1.29, 1.82) is 0 Å². The summed E-state index contributed by atoms with van der Waals surface area (Å²) >= 11 is 0. The van der Waals surface area contributed by atoms with Gasteiger partial charge in [-0.2, -0.15) is 0 Å². The van der Waals surface area contributed by atoms with Crippen LogP contribution in [0, 0.1) is 0 Å². The highest BCUT2D eigenvalue weighted by Crippen LogP contribution is 1.98. The summed E-state index contributed by atoms with van der Waals surface area (Å²) in [5.74, 6) is 0. The zero-order valence-corrected chi connectivity index (χ0v) is 11.1. The molecule has 0 aliphatic heterocycles. The van der Waals surface area contributed by atoms with E-state index < -0.39 is 12.6 Å². The minimum Gasteiger partial charge on any atom is -0.368 e.